The molecule has 2 N–H and O–H groups in total. The van der Waals surface area contributed by atoms with Crippen molar-refractivity contribution in [3.63, 3.8) is 0 Å². The Morgan fingerprint density at radius 2 is 2.15 bits per heavy atom. The van der Waals surface area contributed by atoms with Crippen molar-refractivity contribution in [3.8, 4) is 0 Å². The topological polar surface area (TPSA) is 41.1 Å². The molecular formula is C13H21Cl3N2OS. The highest BCUT2D eigenvalue weighted by Gasteiger charge is 2.08. The number of carbonyl (C=O) groups excluding carboxylic acids is 1. The zero-order valence-electron chi connectivity index (χ0n) is 11.7. The van der Waals surface area contributed by atoms with Crippen molar-refractivity contribution in [2.45, 2.75) is 39.2 Å². The lowest BCUT2D eigenvalue weighted by atomic mass is 10.1. The lowest BCUT2D eigenvalue weighted by Crippen LogP contribution is -2.38. The van der Waals surface area contributed by atoms with Crippen molar-refractivity contribution in [2.75, 3.05) is 13.1 Å². The number of nitrogens with one attached hydrogen (secondary N) is 2. The maximum Gasteiger partial charge on any atom is 0.220 e. The fourth-order valence-corrected chi connectivity index (χ4v) is 3.30. The van der Waals surface area contributed by atoms with Crippen LogP contribution in [-0.2, 0) is 11.2 Å². The van der Waals surface area contributed by atoms with Gasteiger partial charge in [0, 0.05) is 19.0 Å². The summed E-state index contributed by atoms with van der Waals surface area (Å²) in [7, 11) is 0. The number of amides is 1. The van der Waals surface area contributed by atoms with Crippen LogP contribution in [-0.4, -0.2) is 25.0 Å². The van der Waals surface area contributed by atoms with Gasteiger partial charge in [0.2, 0.25) is 5.91 Å². The first kappa shape index (κ1) is 20.0. The van der Waals surface area contributed by atoms with Gasteiger partial charge < -0.3 is 10.6 Å². The molecule has 7 heteroatoms. The molecule has 0 bridgehead atoms. The quantitative estimate of drug-likeness (QED) is 0.739. The summed E-state index contributed by atoms with van der Waals surface area (Å²) in [5.41, 5.74) is 1.03. The Balaban J connectivity index is 0.00000361. The largest absolute Gasteiger partial charge is 0.355 e. The summed E-state index contributed by atoms with van der Waals surface area (Å²) in [6.45, 7) is 5.68. The number of likely N-dealkylation sites (N-methyl/N-ethyl adjacent to an activating group) is 1. The minimum atomic E-state index is 0. The van der Waals surface area contributed by atoms with Gasteiger partial charge in [-0.2, -0.15) is 0 Å². The first-order valence-corrected chi connectivity index (χ1v) is 8.04. The molecule has 0 spiro atoms. The van der Waals surface area contributed by atoms with Crippen LogP contribution in [0, 0.1) is 0 Å². The SMILES string of the molecule is CCN[C@H](C)CNC(=O)CCCc1cc(Cl)sc1Cl.Cl. The van der Waals surface area contributed by atoms with E-state index in [9.17, 15) is 4.79 Å². The van der Waals surface area contributed by atoms with Crippen LogP contribution >= 0.6 is 46.9 Å². The molecule has 0 aromatic carbocycles. The van der Waals surface area contributed by atoms with Crippen molar-refractivity contribution < 1.29 is 4.79 Å². The highest BCUT2D eigenvalue weighted by atomic mass is 35.5. The van der Waals surface area contributed by atoms with Crippen LogP contribution in [0.5, 0.6) is 0 Å². The third kappa shape index (κ3) is 7.70. The van der Waals surface area contributed by atoms with Crippen molar-refractivity contribution >= 4 is 52.9 Å². The van der Waals surface area contributed by atoms with Gasteiger partial charge in [-0.15, -0.1) is 23.7 Å². The first-order chi connectivity index (χ1) is 9.02. The summed E-state index contributed by atoms with van der Waals surface area (Å²) >= 11 is 13.3. The second kappa shape index (κ2) is 10.7. The Morgan fingerprint density at radius 3 is 2.70 bits per heavy atom. The van der Waals surface area contributed by atoms with Crippen LogP contribution < -0.4 is 10.6 Å². The van der Waals surface area contributed by atoms with E-state index in [-0.39, 0.29) is 18.3 Å². The van der Waals surface area contributed by atoms with Gasteiger partial charge in [0.05, 0.1) is 8.67 Å². The van der Waals surface area contributed by atoms with Gasteiger partial charge in [-0.05, 0) is 37.9 Å². The lowest BCUT2D eigenvalue weighted by molar-refractivity contribution is -0.121. The molecule has 1 amide bonds. The molecule has 116 valence electrons. The van der Waals surface area contributed by atoms with Crippen molar-refractivity contribution in [1.82, 2.24) is 10.6 Å². The van der Waals surface area contributed by atoms with Gasteiger partial charge in [-0.1, -0.05) is 30.1 Å². The second-order valence-corrected chi connectivity index (χ2v) is 6.75. The minimum Gasteiger partial charge on any atom is -0.355 e. The highest BCUT2D eigenvalue weighted by molar-refractivity contribution is 7.20. The van der Waals surface area contributed by atoms with E-state index in [0.29, 0.717) is 23.3 Å². The predicted molar refractivity (Wildman–Crippen MR) is 90.7 cm³/mol. The first-order valence-electron chi connectivity index (χ1n) is 6.46. The minimum absolute atomic E-state index is 0. The Bertz CT molecular complexity index is 412. The second-order valence-electron chi connectivity index (χ2n) is 4.47. The smallest absolute Gasteiger partial charge is 0.220 e. The normalized spacial score (nSPS) is 11.8. The Kier molecular flexibility index (Phi) is 10.7. The molecule has 1 heterocycles. The van der Waals surface area contributed by atoms with Crippen molar-refractivity contribution in [1.29, 1.82) is 0 Å². The molecule has 1 atom stereocenters. The van der Waals surface area contributed by atoms with Crippen LogP contribution in [0.15, 0.2) is 6.07 Å². The number of halogens is 3. The highest BCUT2D eigenvalue weighted by Crippen LogP contribution is 2.31. The fourth-order valence-electron chi connectivity index (χ4n) is 1.76. The standard InChI is InChI=1S/C13H20Cl2N2OS.ClH/c1-3-16-9(2)8-17-12(18)6-4-5-10-7-11(14)19-13(10)15;/h7,9,16H,3-6,8H2,1-2H3,(H,17,18);1H/t9-;/m1./s1. The molecule has 1 rings (SSSR count). The third-order valence-corrected chi connectivity index (χ3v) is 4.30. The van der Waals surface area contributed by atoms with E-state index in [1.165, 1.54) is 11.3 Å². The maximum atomic E-state index is 11.6. The molecule has 0 aliphatic rings. The Morgan fingerprint density at radius 1 is 1.45 bits per heavy atom. The van der Waals surface area contributed by atoms with E-state index < -0.39 is 0 Å². The molecule has 0 fully saturated rings. The number of aryl methyl sites for hydroxylation is 1. The summed E-state index contributed by atoms with van der Waals surface area (Å²) < 4.78 is 1.43. The average molecular weight is 360 g/mol. The van der Waals surface area contributed by atoms with E-state index in [1.54, 1.807) is 0 Å². The van der Waals surface area contributed by atoms with E-state index >= 15 is 0 Å². The molecule has 20 heavy (non-hydrogen) atoms. The van der Waals surface area contributed by atoms with Crippen LogP contribution in [0.2, 0.25) is 8.67 Å². The van der Waals surface area contributed by atoms with Crippen LogP contribution in [0.4, 0.5) is 0 Å². The van der Waals surface area contributed by atoms with Gasteiger partial charge in [0.25, 0.3) is 0 Å². The van der Waals surface area contributed by atoms with Gasteiger partial charge in [0.15, 0.2) is 0 Å². The molecular weight excluding hydrogens is 339 g/mol. The maximum absolute atomic E-state index is 11.6. The van der Waals surface area contributed by atoms with E-state index in [1.807, 2.05) is 13.0 Å². The predicted octanol–water partition coefficient (Wildman–Crippen LogP) is 3.91. The lowest BCUT2D eigenvalue weighted by Gasteiger charge is -2.13. The molecule has 0 aliphatic carbocycles. The summed E-state index contributed by atoms with van der Waals surface area (Å²) in [6.07, 6.45) is 2.09. The van der Waals surface area contributed by atoms with Gasteiger partial charge >= 0.3 is 0 Å². The molecule has 0 aliphatic heterocycles. The molecule has 0 radical (unpaired) electrons. The summed E-state index contributed by atoms with van der Waals surface area (Å²) in [5, 5.41) is 6.16. The van der Waals surface area contributed by atoms with Crippen molar-refractivity contribution in [3.05, 3.63) is 20.3 Å². The number of rotatable bonds is 8. The van der Waals surface area contributed by atoms with Gasteiger partial charge in [-0.3, -0.25) is 4.79 Å². The molecule has 1 aromatic rings. The fraction of sp³-hybridized carbons (Fsp3) is 0.615. The Labute approximate surface area is 140 Å². The molecule has 1 aromatic heterocycles. The van der Waals surface area contributed by atoms with Crippen LogP contribution in [0.3, 0.4) is 0 Å². The molecule has 0 saturated heterocycles. The summed E-state index contributed by atoms with van der Waals surface area (Å²) in [6, 6.07) is 2.18. The van der Waals surface area contributed by atoms with Gasteiger partial charge in [-0.25, -0.2) is 0 Å². The van der Waals surface area contributed by atoms with Crippen molar-refractivity contribution in [2.24, 2.45) is 0 Å². The summed E-state index contributed by atoms with van der Waals surface area (Å²) in [4.78, 5) is 11.6. The van der Waals surface area contributed by atoms with Crippen LogP contribution in [0.25, 0.3) is 0 Å². The monoisotopic (exact) mass is 358 g/mol. The summed E-state index contributed by atoms with van der Waals surface area (Å²) in [5.74, 6) is 0.0854. The van der Waals surface area contributed by atoms with Gasteiger partial charge in [0.1, 0.15) is 0 Å². The number of hydrogen-bond acceptors (Lipinski definition) is 3. The van der Waals surface area contributed by atoms with E-state index in [4.69, 9.17) is 23.2 Å². The molecule has 0 unspecified atom stereocenters. The van der Waals surface area contributed by atoms with E-state index in [2.05, 4.69) is 17.6 Å². The van der Waals surface area contributed by atoms with Crippen LogP contribution in [0.1, 0.15) is 32.3 Å². The zero-order valence-corrected chi connectivity index (χ0v) is 14.8. The average Bonchev–Trinajstić information content (AvgIpc) is 2.66. The van der Waals surface area contributed by atoms with E-state index in [0.717, 1.165) is 29.3 Å². The number of thiophene rings is 1. The molecule has 3 nitrogen and oxygen atoms in total. The molecule has 0 saturated carbocycles. The third-order valence-electron chi connectivity index (χ3n) is 2.74. The number of carbonyl (C=O) groups is 1. The number of hydrogen-bond donors (Lipinski definition) is 2. The Hall–Kier alpha value is -0.000000000000000222. The zero-order chi connectivity index (χ0) is 14.3.